The van der Waals surface area contributed by atoms with Crippen molar-refractivity contribution in [1.29, 1.82) is 0 Å². The second-order valence-electron chi connectivity index (χ2n) is 7.71. The molecule has 2 nitrogen and oxygen atoms in total. The molecule has 1 N–H and O–H groups in total. The van der Waals surface area contributed by atoms with Crippen molar-refractivity contribution in [2.24, 2.45) is 5.41 Å². The van der Waals surface area contributed by atoms with Gasteiger partial charge in [0.25, 0.3) is 0 Å². The molecule has 2 fully saturated rings. The summed E-state index contributed by atoms with van der Waals surface area (Å²) >= 11 is 0. The van der Waals surface area contributed by atoms with E-state index in [9.17, 15) is 0 Å². The number of hydrogen-bond donors (Lipinski definition) is 1. The molecule has 2 atom stereocenters. The van der Waals surface area contributed by atoms with Gasteiger partial charge in [-0.25, -0.2) is 0 Å². The Hall–Kier alpha value is -0.0800. The summed E-state index contributed by atoms with van der Waals surface area (Å²) in [5.74, 6) is 0. The lowest BCUT2D eigenvalue weighted by Gasteiger charge is -2.37. The van der Waals surface area contributed by atoms with Gasteiger partial charge in [-0.05, 0) is 57.4 Å². The lowest BCUT2D eigenvalue weighted by molar-refractivity contribution is -0.0781. The Bertz CT molecular complexity index is 298. The fourth-order valence-electron chi connectivity index (χ4n) is 4.72. The summed E-state index contributed by atoms with van der Waals surface area (Å²) in [7, 11) is 2.11. The average Bonchev–Trinajstić information content (AvgIpc) is 2.88. The molecule has 2 rings (SSSR count). The molecule has 1 spiro atoms. The molecule has 0 amide bonds. The van der Waals surface area contributed by atoms with E-state index in [0.29, 0.717) is 11.5 Å². The van der Waals surface area contributed by atoms with E-state index < -0.39 is 0 Å². The van der Waals surface area contributed by atoms with Crippen molar-refractivity contribution in [1.82, 2.24) is 5.32 Å². The largest absolute Gasteiger partial charge is 0.372 e. The number of hydrogen-bond acceptors (Lipinski definition) is 2. The number of unbranched alkanes of at least 4 members (excludes halogenated alkanes) is 1. The van der Waals surface area contributed by atoms with E-state index in [-0.39, 0.29) is 5.60 Å². The zero-order chi connectivity index (χ0) is 15.2. The van der Waals surface area contributed by atoms with Crippen molar-refractivity contribution >= 4 is 0 Å². The molecule has 0 radical (unpaired) electrons. The number of rotatable bonds is 8. The fraction of sp³-hybridized carbons (Fsp3) is 1.00. The van der Waals surface area contributed by atoms with Crippen LogP contribution in [0.25, 0.3) is 0 Å². The summed E-state index contributed by atoms with van der Waals surface area (Å²) in [5, 5.41) is 3.46. The number of ether oxygens (including phenoxy) is 1. The second-order valence-corrected chi connectivity index (χ2v) is 7.71. The van der Waals surface area contributed by atoms with E-state index in [0.717, 1.165) is 6.54 Å². The lowest BCUT2D eigenvalue weighted by Crippen LogP contribution is -2.37. The quantitative estimate of drug-likeness (QED) is 0.675. The highest BCUT2D eigenvalue weighted by molar-refractivity contribution is 4.94. The summed E-state index contributed by atoms with van der Waals surface area (Å²) < 4.78 is 6.65. The van der Waals surface area contributed by atoms with Gasteiger partial charge in [0.15, 0.2) is 0 Å². The molecule has 2 heteroatoms. The first kappa shape index (κ1) is 17.3. The highest BCUT2D eigenvalue weighted by Crippen LogP contribution is 2.46. The Balaban J connectivity index is 1.93. The van der Waals surface area contributed by atoms with Gasteiger partial charge in [-0.1, -0.05) is 46.0 Å². The highest BCUT2D eigenvalue weighted by atomic mass is 16.5. The summed E-state index contributed by atoms with van der Waals surface area (Å²) in [6, 6.07) is 0. The normalized spacial score (nSPS) is 27.9. The molecule has 0 bridgehead atoms. The monoisotopic (exact) mass is 295 g/mol. The third kappa shape index (κ3) is 4.45. The van der Waals surface area contributed by atoms with Gasteiger partial charge < -0.3 is 10.1 Å². The minimum Gasteiger partial charge on any atom is -0.372 e. The van der Waals surface area contributed by atoms with Gasteiger partial charge in [-0.15, -0.1) is 0 Å². The first-order chi connectivity index (χ1) is 10.2. The molecule has 21 heavy (non-hydrogen) atoms. The van der Waals surface area contributed by atoms with Crippen LogP contribution in [0.3, 0.4) is 0 Å². The molecule has 0 aromatic carbocycles. The van der Waals surface area contributed by atoms with Gasteiger partial charge in [0, 0.05) is 6.54 Å². The van der Waals surface area contributed by atoms with Crippen LogP contribution in [0, 0.1) is 5.41 Å². The van der Waals surface area contributed by atoms with E-state index in [1.54, 1.807) is 0 Å². The fourth-order valence-corrected chi connectivity index (χ4v) is 4.72. The maximum absolute atomic E-state index is 6.65. The van der Waals surface area contributed by atoms with Gasteiger partial charge in [0.05, 0.1) is 11.7 Å². The van der Waals surface area contributed by atoms with Crippen LogP contribution >= 0.6 is 0 Å². The standard InChI is InChI=1S/C19H37NO/c1-4-6-11-18(5-2,16-20-3)15-17-10-14-19(21-17)12-8-7-9-13-19/h17,20H,4-16H2,1-3H3. The Morgan fingerprint density at radius 3 is 2.52 bits per heavy atom. The zero-order valence-electron chi connectivity index (χ0n) is 14.7. The number of nitrogens with one attached hydrogen (secondary N) is 1. The molecular formula is C19H37NO. The Kier molecular flexibility index (Phi) is 6.55. The van der Waals surface area contributed by atoms with Crippen LogP contribution in [0.4, 0.5) is 0 Å². The predicted octanol–water partition coefficient (Wildman–Crippen LogP) is 5.06. The molecule has 2 unspecified atom stereocenters. The Morgan fingerprint density at radius 2 is 1.90 bits per heavy atom. The van der Waals surface area contributed by atoms with E-state index >= 15 is 0 Å². The minimum absolute atomic E-state index is 0.285. The zero-order valence-corrected chi connectivity index (χ0v) is 14.7. The molecular weight excluding hydrogens is 258 g/mol. The lowest BCUT2D eigenvalue weighted by atomic mass is 9.75. The van der Waals surface area contributed by atoms with Crippen LogP contribution in [-0.2, 0) is 4.74 Å². The first-order valence-electron chi connectivity index (χ1n) is 9.50. The van der Waals surface area contributed by atoms with E-state index in [2.05, 4.69) is 26.2 Å². The van der Waals surface area contributed by atoms with Crippen molar-refractivity contribution in [3.8, 4) is 0 Å². The summed E-state index contributed by atoms with van der Waals surface area (Å²) in [6.07, 6.45) is 16.6. The Labute approximate surface area is 132 Å². The summed E-state index contributed by atoms with van der Waals surface area (Å²) in [5.41, 5.74) is 0.739. The van der Waals surface area contributed by atoms with Gasteiger partial charge >= 0.3 is 0 Å². The van der Waals surface area contributed by atoms with Gasteiger partial charge in [0.1, 0.15) is 0 Å². The molecule has 124 valence electrons. The molecule has 0 aromatic rings. The van der Waals surface area contributed by atoms with Crippen LogP contribution in [0.15, 0.2) is 0 Å². The third-order valence-corrected chi connectivity index (χ3v) is 6.13. The van der Waals surface area contributed by atoms with Crippen molar-refractivity contribution in [2.75, 3.05) is 13.6 Å². The second kappa shape index (κ2) is 7.97. The maximum Gasteiger partial charge on any atom is 0.0687 e. The molecule has 1 aliphatic heterocycles. The van der Waals surface area contributed by atoms with Gasteiger partial charge in [-0.3, -0.25) is 0 Å². The predicted molar refractivity (Wildman–Crippen MR) is 90.7 cm³/mol. The smallest absolute Gasteiger partial charge is 0.0687 e. The maximum atomic E-state index is 6.65. The Morgan fingerprint density at radius 1 is 1.14 bits per heavy atom. The molecule has 1 saturated heterocycles. The van der Waals surface area contributed by atoms with Gasteiger partial charge in [-0.2, -0.15) is 0 Å². The summed E-state index contributed by atoms with van der Waals surface area (Å²) in [6.45, 7) is 5.83. The van der Waals surface area contributed by atoms with Crippen molar-refractivity contribution < 1.29 is 4.74 Å². The SMILES string of the molecule is CCCCC(CC)(CNC)CC1CCC2(CCCCC2)O1. The van der Waals surface area contributed by atoms with Crippen LogP contribution in [0.1, 0.15) is 90.9 Å². The van der Waals surface area contributed by atoms with E-state index in [1.165, 1.54) is 77.0 Å². The van der Waals surface area contributed by atoms with E-state index in [4.69, 9.17) is 4.74 Å². The van der Waals surface area contributed by atoms with Crippen LogP contribution in [0.2, 0.25) is 0 Å². The van der Waals surface area contributed by atoms with Crippen LogP contribution in [0.5, 0.6) is 0 Å². The van der Waals surface area contributed by atoms with Crippen molar-refractivity contribution in [3.05, 3.63) is 0 Å². The highest BCUT2D eigenvalue weighted by Gasteiger charge is 2.43. The molecule has 1 saturated carbocycles. The topological polar surface area (TPSA) is 21.3 Å². The van der Waals surface area contributed by atoms with Crippen molar-refractivity contribution in [3.63, 3.8) is 0 Å². The average molecular weight is 296 g/mol. The molecule has 1 heterocycles. The van der Waals surface area contributed by atoms with Crippen molar-refractivity contribution in [2.45, 2.75) is 103 Å². The van der Waals surface area contributed by atoms with Crippen LogP contribution in [-0.4, -0.2) is 25.3 Å². The van der Waals surface area contributed by atoms with E-state index in [1.807, 2.05) is 0 Å². The molecule has 1 aliphatic carbocycles. The first-order valence-corrected chi connectivity index (χ1v) is 9.50. The van der Waals surface area contributed by atoms with Crippen LogP contribution < -0.4 is 5.32 Å². The minimum atomic E-state index is 0.285. The molecule has 2 aliphatic rings. The third-order valence-electron chi connectivity index (χ3n) is 6.13. The summed E-state index contributed by atoms with van der Waals surface area (Å²) in [4.78, 5) is 0. The van der Waals surface area contributed by atoms with Gasteiger partial charge in [0.2, 0.25) is 0 Å². The molecule has 0 aromatic heterocycles.